The van der Waals surface area contributed by atoms with E-state index in [0.717, 1.165) is 31.5 Å². The van der Waals surface area contributed by atoms with Crippen LogP contribution >= 0.6 is 0 Å². The smallest absolute Gasteiger partial charge is 0.174 e. The van der Waals surface area contributed by atoms with Gasteiger partial charge in [0.2, 0.25) is 0 Å². The van der Waals surface area contributed by atoms with Crippen molar-refractivity contribution in [2.45, 2.75) is 55.8 Å². The van der Waals surface area contributed by atoms with Crippen LogP contribution in [0.2, 0.25) is 0 Å². The predicted molar refractivity (Wildman–Crippen MR) is 96.8 cm³/mol. The van der Waals surface area contributed by atoms with Gasteiger partial charge in [-0.05, 0) is 37.8 Å². The van der Waals surface area contributed by atoms with Crippen LogP contribution in [0.1, 0.15) is 37.3 Å². The molecule has 2 bridgehead atoms. The normalized spacial score (nSPS) is 37.1. The topological polar surface area (TPSA) is 59.0 Å². The van der Waals surface area contributed by atoms with Gasteiger partial charge < -0.3 is 14.6 Å². The van der Waals surface area contributed by atoms with Crippen molar-refractivity contribution in [3.8, 4) is 11.5 Å². The van der Waals surface area contributed by atoms with E-state index in [-0.39, 0.29) is 11.8 Å². The molecule has 4 aliphatic rings. The molecular weight excluding hydrogens is 330 g/mol. The summed E-state index contributed by atoms with van der Waals surface area (Å²) in [6.07, 6.45) is 3.67. The van der Waals surface area contributed by atoms with E-state index >= 15 is 0 Å². The van der Waals surface area contributed by atoms with Crippen molar-refractivity contribution in [3.05, 3.63) is 35.9 Å². The van der Waals surface area contributed by atoms with E-state index in [1.807, 2.05) is 19.1 Å². The molecule has 5 nitrogen and oxygen atoms in total. The van der Waals surface area contributed by atoms with E-state index in [2.05, 4.69) is 17.5 Å². The quantitative estimate of drug-likeness (QED) is 0.837. The van der Waals surface area contributed by atoms with Gasteiger partial charge >= 0.3 is 0 Å². The third-order valence-electron chi connectivity index (χ3n) is 7.02. The van der Waals surface area contributed by atoms with Crippen LogP contribution in [0.3, 0.4) is 0 Å². The molecule has 1 saturated carbocycles. The molecule has 1 aromatic carbocycles. The lowest BCUT2D eigenvalue weighted by atomic mass is 9.49. The molecule has 26 heavy (non-hydrogen) atoms. The van der Waals surface area contributed by atoms with Gasteiger partial charge in [-0.25, -0.2) is 0 Å². The molecule has 2 fully saturated rings. The third-order valence-corrected chi connectivity index (χ3v) is 7.02. The summed E-state index contributed by atoms with van der Waals surface area (Å²) in [5, 5.41) is 12.0. The zero-order valence-electron chi connectivity index (χ0n) is 15.2. The number of ketones is 1. The SMILES string of the molecule is C=CCN1CC[C@]23c4c5ccc(OCC)c4O[C@H]2C(=O)CC[C@@]3(O)[C@H]1C5. The number of piperidine rings is 1. The Labute approximate surface area is 153 Å². The number of aliphatic hydroxyl groups is 1. The Morgan fingerprint density at radius 3 is 3.08 bits per heavy atom. The first kappa shape index (κ1) is 16.3. The molecule has 4 atom stereocenters. The van der Waals surface area contributed by atoms with Crippen molar-refractivity contribution in [2.75, 3.05) is 19.7 Å². The second-order valence-electron chi connectivity index (χ2n) is 7.97. The summed E-state index contributed by atoms with van der Waals surface area (Å²) in [5.74, 6) is 1.49. The molecule has 2 heterocycles. The molecule has 138 valence electrons. The Hall–Kier alpha value is -1.85. The van der Waals surface area contributed by atoms with Crippen molar-refractivity contribution < 1.29 is 19.4 Å². The summed E-state index contributed by atoms with van der Waals surface area (Å²) in [5.41, 5.74) is 0.638. The van der Waals surface area contributed by atoms with E-state index in [1.165, 1.54) is 5.56 Å². The summed E-state index contributed by atoms with van der Waals surface area (Å²) in [6, 6.07) is 4.04. The van der Waals surface area contributed by atoms with Crippen LogP contribution in [0.4, 0.5) is 0 Å². The predicted octanol–water partition coefficient (Wildman–Crippen LogP) is 1.99. The summed E-state index contributed by atoms with van der Waals surface area (Å²) >= 11 is 0. The molecule has 1 aromatic rings. The maximum absolute atomic E-state index is 12.8. The molecule has 0 amide bonds. The summed E-state index contributed by atoms with van der Waals surface area (Å²) < 4.78 is 12.1. The molecule has 2 aliphatic carbocycles. The van der Waals surface area contributed by atoms with Crippen molar-refractivity contribution in [1.82, 2.24) is 4.90 Å². The molecule has 5 heteroatoms. The number of Topliss-reactive ketones (excluding diaryl/α,β-unsaturated/α-hetero) is 1. The van der Waals surface area contributed by atoms with Gasteiger partial charge in [0.05, 0.1) is 17.6 Å². The standard InChI is InChI=1S/C21H25NO4/c1-3-10-22-11-9-20-17-13-5-6-15(25-4-2)18(17)26-19(20)14(23)7-8-21(20,24)16(22)12-13/h3,5-6,16,19,24H,1,4,7-12H2,2H3/t16-,19+,20+,21-/m1/s1. The van der Waals surface area contributed by atoms with Crippen LogP contribution in [-0.2, 0) is 16.6 Å². The molecule has 0 radical (unpaired) electrons. The number of ether oxygens (including phenoxy) is 2. The summed E-state index contributed by atoms with van der Waals surface area (Å²) in [6.45, 7) is 7.95. The van der Waals surface area contributed by atoms with Gasteiger partial charge in [-0.2, -0.15) is 0 Å². The Kier molecular flexibility index (Phi) is 3.35. The Morgan fingerprint density at radius 1 is 1.46 bits per heavy atom. The number of hydrogen-bond acceptors (Lipinski definition) is 5. The molecule has 5 rings (SSSR count). The molecule has 1 N–H and O–H groups in total. The second kappa shape index (κ2) is 5.33. The average molecular weight is 355 g/mol. The lowest BCUT2D eigenvalue weighted by Gasteiger charge is -2.62. The first-order valence-corrected chi connectivity index (χ1v) is 9.62. The highest BCUT2D eigenvalue weighted by atomic mass is 16.5. The van der Waals surface area contributed by atoms with Crippen LogP contribution in [0, 0.1) is 0 Å². The first-order chi connectivity index (χ1) is 12.6. The zero-order valence-corrected chi connectivity index (χ0v) is 15.2. The van der Waals surface area contributed by atoms with Gasteiger partial charge in [-0.3, -0.25) is 9.69 Å². The minimum atomic E-state index is -0.948. The summed E-state index contributed by atoms with van der Waals surface area (Å²) in [7, 11) is 0. The van der Waals surface area contributed by atoms with Gasteiger partial charge in [0.15, 0.2) is 23.4 Å². The largest absolute Gasteiger partial charge is 0.490 e. The number of benzene rings is 1. The van der Waals surface area contributed by atoms with Gasteiger partial charge in [0.1, 0.15) is 0 Å². The van der Waals surface area contributed by atoms with Crippen LogP contribution in [0.25, 0.3) is 0 Å². The Balaban J connectivity index is 1.76. The second-order valence-corrected chi connectivity index (χ2v) is 7.97. The number of rotatable bonds is 4. The van der Waals surface area contributed by atoms with E-state index < -0.39 is 17.1 Å². The van der Waals surface area contributed by atoms with Gasteiger partial charge in [0.25, 0.3) is 0 Å². The first-order valence-electron chi connectivity index (χ1n) is 9.62. The highest BCUT2D eigenvalue weighted by Crippen LogP contribution is 2.64. The lowest BCUT2D eigenvalue weighted by molar-refractivity contribution is -0.187. The monoisotopic (exact) mass is 355 g/mol. The Morgan fingerprint density at radius 2 is 2.31 bits per heavy atom. The minimum absolute atomic E-state index is 0.00940. The zero-order chi connectivity index (χ0) is 18.1. The molecule has 0 aromatic heterocycles. The van der Waals surface area contributed by atoms with Crippen molar-refractivity contribution in [3.63, 3.8) is 0 Å². The number of carbonyl (C=O) groups is 1. The maximum Gasteiger partial charge on any atom is 0.174 e. The summed E-state index contributed by atoms with van der Waals surface area (Å²) in [4.78, 5) is 15.2. The van der Waals surface area contributed by atoms with Crippen LogP contribution in [0.15, 0.2) is 24.8 Å². The fourth-order valence-corrected chi connectivity index (χ4v) is 6.06. The molecule has 1 saturated heterocycles. The van der Waals surface area contributed by atoms with Crippen molar-refractivity contribution in [2.24, 2.45) is 0 Å². The molecule has 1 spiro atoms. The van der Waals surface area contributed by atoms with Crippen molar-refractivity contribution in [1.29, 1.82) is 0 Å². The van der Waals surface area contributed by atoms with Crippen LogP contribution in [0.5, 0.6) is 11.5 Å². The van der Waals surface area contributed by atoms with E-state index in [1.54, 1.807) is 0 Å². The third kappa shape index (κ3) is 1.71. The maximum atomic E-state index is 12.8. The average Bonchev–Trinajstić information content (AvgIpc) is 2.98. The highest BCUT2D eigenvalue weighted by Gasteiger charge is 2.73. The number of nitrogens with zero attached hydrogens (tertiary/aromatic N) is 1. The van der Waals surface area contributed by atoms with Crippen LogP contribution < -0.4 is 9.47 Å². The van der Waals surface area contributed by atoms with Crippen LogP contribution in [-0.4, -0.2) is 53.2 Å². The van der Waals surface area contributed by atoms with E-state index in [0.29, 0.717) is 30.9 Å². The van der Waals surface area contributed by atoms with E-state index in [4.69, 9.17) is 9.47 Å². The number of hydrogen-bond donors (Lipinski definition) is 1. The number of carbonyl (C=O) groups excluding carboxylic acids is 1. The lowest BCUT2D eigenvalue weighted by Crippen LogP contribution is -2.76. The fraction of sp³-hybridized carbons (Fsp3) is 0.571. The minimum Gasteiger partial charge on any atom is -0.490 e. The fourth-order valence-electron chi connectivity index (χ4n) is 6.06. The van der Waals surface area contributed by atoms with Gasteiger partial charge in [-0.15, -0.1) is 6.58 Å². The van der Waals surface area contributed by atoms with Gasteiger partial charge in [-0.1, -0.05) is 12.1 Å². The molecule has 0 unspecified atom stereocenters. The number of likely N-dealkylation sites (tertiary alicyclic amines) is 1. The van der Waals surface area contributed by atoms with E-state index in [9.17, 15) is 9.90 Å². The highest BCUT2D eigenvalue weighted by molar-refractivity contribution is 5.90. The Bertz CT molecular complexity index is 805. The molecular formula is C21H25NO4. The van der Waals surface area contributed by atoms with Crippen molar-refractivity contribution >= 4 is 5.78 Å². The molecule has 2 aliphatic heterocycles. The van der Waals surface area contributed by atoms with Gasteiger partial charge in [0, 0.05) is 31.1 Å².